The Morgan fingerprint density at radius 1 is 0.464 bits per heavy atom. The number of rotatable bonds is 10. The fourth-order valence-electron chi connectivity index (χ4n) is 6.75. The summed E-state index contributed by atoms with van der Waals surface area (Å²) in [5.41, 5.74) is 1.15. The van der Waals surface area contributed by atoms with Crippen molar-refractivity contribution in [3.05, 3.63) is 169 Å². The first-order chi connectivity index (χ1) is 27.4. The molecule has 0 aliphatic carbocycles. The number of benzene rings is 6. The predicted molar refractivity (Wildman–Crippen MR) is 221 cm³/mol. The summed E-state index contributed by atoms with van der Waals surface area (Å²) in [7, 11) is -2.73. The molecule has 6 aromatic rings. The molecule has 10 heteroatoms. The van der Waals surface area contributed by atoms with Crippen molar-refractivity contribution >= 4 is 71.5 Å². The van der Waals surface area contributed by atoms with Crippen LogP contribution < -0.4 is 31.8 Å². The summed E-state index contributed by atoms with van der Waals surface area (Å²) < 4.78 is 22.4. The molecule has 0 fully saturated rings. The molecule has 280 valence electrons. The number of fused-ring (bicyclic) bond motifs is 3. The van der Waals surface area contributed by atoms with Crippen molar-refractivity contribution in [2.45, 2.75) is 26.1 Å². The first kappa shape index (κ1) is 38.3. The lowest BCUT2D eigenvalue weighted by Gasteiger charge is -2.31. The third kappa shape index (κ3) is 7.90. The highest BCUT2D eigenvalue weighted by Crippen LogP contribution is 2.44. The number of carbonyl (C=O) groups is 4. The maximum Gasteiger partial charge on any atom is 0.352 e. The molecular weight excluding hydrogens is 742 g/mol. The van der Waals surface area contributed by atoms with E-state index in [-0.39, 0.29) is 24.3 Å². The number of esters is 4. The van der Waals surface area contributed by atoms with Crippen molar-refractivity contribution in [1.82, 2.24) is 0 Å². The Balaban J connectivity index is 1.60. The Labute approximate surface area is 327 Å². The van der Waals surface area contributed by atoms with Crippen LogP contribution in [-0.4, -0.2) is 49.3 Å². The summed E-state index contributed by atoms with van der Waals surface area (Å²) in [6.45, 7) is 3.00. The van der Waals surface area contributed by atoms with Crippen molar-refractivity contribution in [3.63, 3.8) is 0 Å². The van der Waals surface area contributed by atoms with Gasteiger partial charge in [-0.1, -0.05) is 146 Å². The van der Waals surface area contributed by atoms with Gasteiger partial charge in [0.15, 0.2) is 0 Å². The molecule has 0 bridgehead atoms. The van der Waals surface area contributed by atoms with E-state index >= 15 is 0 Å². The van der Waals surface area contributed by atoms with Crippen LogP contribution in [0.1, 0.15) is 34.6 Å². The fraction of sp³-hybridized carbons (Fsp3) is 0.130. The number of hydrogen-bond donors (Lipinski definition) is 0. The van der Waals surface area contributed by atoms with Crippen LogP contribution in [0.25, 0.3) is 11.1 Å². The van der Waals surface area contributed by atoms with Crippen LogP contribution in [0.5, 0.6) is 0 Å². The second-order valence-electron chi connectivity index (χ2n) is 12.6. The van der Waals surface area contributed by atoms with Crippen LogP contribution in [0.4, 0.5) is 0 Å². The van der Waals surface area contributed by atoms with Crippen molar-refractivity contribution in [2.24, 2.45) is 0 Å². The first-order valence-corrected chi connectivity index (χ1v) is 20.9. The molecule has 6 aromatic carbocycles. The lowest BCUT2D eigenvalue weighted by molar-refractivity contribution is -0.173. The van der Waals surface area contributed by atoms with Crippen LogP contribution in [0.3, 0.4) is 0 Å². The average molecular weight is 781 g/mol. The molecule has 2 atom stereocenters. The molecule has 7 rings (SSSR count). The fourth-order valence-corrected chi connectivity index (χ4v) is 11.7. The summed E-state index contributed by atoms with van der Waals surface area (Å²) in [5, 5.41) is 5.59. The van der Waals surface area contributed by atoms with Gasteiger partial charge in [0, 0.05) is 11.1 Å². The van der Waals surface area contributed by atoms with Crippen molar-refractivity contribution in [2.75, 3.05) is 13.2 Å². The van der Waals surface area contributed by atoms with Gasteiger partial charge in [-0.2, -0.15) is 0 Å². The summed E-state index contributed by atoms with van der Waals surface area (Å²) in [6, 6.07) is 50.8. The normalized spacial score (nSPS) is 15.2. The third-order valence-electron chi connectivity index (χ3n) is 9.09. The molecule has 0 saturated carbocycles. The van der Waals surface area contributed by atoms with Gasteiger partial charge in [-0.05, 0) is 73.7 Å². The van der Waals surface area contributed by atoms with Gasteiger partial charge in [0.25, 0.3) is 0 Å². The van der Waals surface area contributed by atoms with Gasteiger partial charge < -0.3 is 18.9 Å². The van der Waals surface area contributed by atoms with Gasteiger partial charge in [-0.3, -0.25) is 0 Å². The second-order valence-corrected chi connectivity index (χ2v) is 16.9. The molecule has 0 spiro atoms. The number of carbonyl (C=O) groups excluding carboxylic acids is 4. The monoisotopic (exact) mass is 780 g/mol. The lowest BCUT2D eigenvalue weighted by atomic mass is 9.94. The Morgan fingerprint density at radius 2 is 0.768 bits per heavy atom. The van der Waals surface area contributed by atoms with Crippen LogP contribution in [0, 0.1) is 0 Å². The van der Waals surface area contributed by atoms with E-state index in [1.54, 1.807) is 38.1 Å². The van der Waals surface area contributed by atoms with Gasteiger partial charge in [0.1, 0.15) is 0 Å². The smallest absolute Gasteiger partial charge is 0.352 e. The molecule has 0 radical (unpaired) electrons. The van der Waals surface area contributed by atoms with Gasteiger partial charge in [-0.25, -0.2) is 19.2 Å². The quantitative estimate of drug-likeness (QED) is 0.0940. The molecule has 1 aliphatic heterocycles. The van der Waals surface area contributed by atoms with Crippen molar-refractivity contribution in [3.8, 4) is 11.1 Å². The van der Waals surface area contributed by atoms with Gasteiger partial charge >= 0.3 is 23.9 Å². The van der Waals surface area contributed by atoms with E-state index in [1.165, 1.54) is 0 Å². The van der Waals surface area contributed by atoms with Gasteiger partial charge in [-0.15, -0.1) is 0 Å². The molecular formula is C46H38O8P2. The average Bonchev–Trinajstić information content (AvgIpc) is 3.23. The molecule has 0 amide bonds. The highest BCUT2D eigenvalue weighted by atomic mass is 31.1. The van der Waals surface area contributed by atoms with E-state index in [9.17, 15) is 19.2 Å². The topological polar surface area (TPSA) is 105 Å². The zero-order valence-corrected chi connectivity index (χ0v) is 32.5. The van der Waals surface area contributed by atoms with E-state index in [0.717, 1.165) is 31.8 Å². The van der Waals surface area contributed by atoms with Gasteiger partial charge in [0.05, 0.1) is 24.3 Å². The second kappa shape index (κ2) is 17.7. The minimum absolute atomic E-state index is 0.0791. The summed E-state index contributed by atoms with van der Waals surface area (Å²) in [4.78, 5) is 56.6. The molecule has 1 heterocycles. The van der Waals surface area contributed by atoms with Crippen LogP contribution >= 0.6 is 15.8 Å². The summed E-state index contributed by atoms with van der Waals surface area (Å²) >= 11 is 0. The highest BCUT2D eigenvalue weighted by Gasteiger charge is 2.45. The zero-order chi connectivity index (χ0) is 39.0. The summed E-state index contributed by atoms with van der Waals surface area (Å²) in [6.07, 6.45) is -3.88. The van der Waals surface area contributed by atoms with Crippen LogP contribution in [-0.2, 0) is 28.5 Å². The molecule has 0 N–H and O–H groups in total. The molecule has 8 nitrogen and oxygen atoms in total. The van der Waals surface area contributed by atoms with E-state index in [1.807, 2.05) is 84.9 Å². The predicted octanol–water partition coefficient (Wildman–Crippen LogP) is 6.06. The molecule has 56 heavy (non-hydrogen) atoms. The maximum atomic E-state index is 14.8. The van der Waals surface area contributed by atoms with Crippen LogP contribution in [0.2, 0.25) is 0 Å². The molecule has 0 aromatic heterocycles. The lowest BCUT2D eigenvalue weighted by Crippen LogP contribution is -2.48. The van der Waals surface area contributed by atoms with Crippen molar-refractivity contribution in [1.29, 1.82) is 0 Å². The largest absolute Gasteiger partial charge is 0.463 e. The van der Waals surface area contributed by atoms with E-state index < -0.39 is 51.9 Å². The minimum Gasteiger partial charge on any atom is -0.463 e. The number of ether oxygens (including phenoxy) is 4. The summed E-state index contributed by atoms with van der Waals surface area (Å²) in [5.74, 6) is -3.89. The molecule has 1 aliphatic rings. The SMILES string of the molecule is CCOC(=O)[C@@H]1OC(=O)c2cccc(P(c3ccccc3)c3ccccc3)c2-c2c(cccc2P(c2ccccc2)c2ccccc2)C(=O)O[C@H]1C(=O)OCC. The third-order valence-corrected chi connectivity index (χ3v) is 14.1. The Bertz CT molecular complexity index is 2090. The molecule has 0 unspecified atom stereocenters. The standard InChI is InChI=1S/C46H38O8P2/c1-3-51-45(49)41-42(46(50)52-4-2)54-44(48)36-28-18-30-38(56(33-23-13-7-14-24-33)34-25-15-8-16-26-34)40(36)39-35(43(47)53-41)27-17-29-37(39)55(31-19-9-5-10-20-31)32-21-11-6-12-22-32/h5-30,41-42H,3-4H2,1-2H3/t41-,42-/m1/s1. The Hall–Kier alpha value is -5.94. The van der Waals surface area contributed by atoms with Crippen LogP contribution in [0.15, 0.2) is 158 Å². The van der Waals surface area contributed by atoms with E-state index in [4.69, 9.17) is 18.9 Å². The Kier molecular flexibility index (Phi) is 12.1. The van der Waals surface area contributed by atoms with Crippen molar-refractivity contribution < 1.29 is 38.1 Å². The zero-order valence-electron chi connectivity index (χ0n) is 30.7. The first-order valence-electron chi connectivity index (χ1n) is 18.2. The van der Waals surface area contributed by atoms with Gasteiger partial charge in [0.2, 0.25) is 12.2 Å². The number of hydrogen-bond acceptors (Lipinski definition) is 8. The highest BCUT2D eigenvalue weighted by molar-refractivity contribution is 7.80. The van der Waals surface area contributed by atoms with E-state index in [0.29, 0.717) is 11.1 Å². The Morgan fingerprint density at radius 3 is 1.05 bits per heavy atom. The minimum atomic E-state index is -1.94. The maximum absolute atomic E-state index is 14.8. The number of cyclic esters (lactones) is 2. The van der Waals surface area contributed by atoms with E-state index in [2.05, 4.69) is 48.5 Å². The molecule has 0 saturated heterocycles.